The smallest absolute Gasteiger partial charge is 1.00 e. The topological polar surface area (TPSA) is 0 Å². The molecule has 3 heteroatoms. The summed E-state index contributed by atoms with van der Waals surface area (Å²) in [6.07, 6.45) is 15.9. The number of aryl methyl sites for hydroxylation is 1. The van der Waals surface area contributed by atoms with Crippen LogP contribution in [0.3, 0.4) is 0 Å². The van der Waals surface area contributed by atoms with E-state index in [2.05, 4.69) is 142 Å². The van der Waals surface area contributed by atoms with Crippen LogP contribution >= 0.6 is 0 Å². The van der Waals surface area contributed by atoms with Gasteiger partial charge in [0.2, 0.25) is 0 Å². The number of halogens is 2. The number of benzene rings is 3. The van der Waals surface area contributed by atoms with Gasteiger partial charge >= 0.3 is 281 Å². The normalized spacial score (nSPS) is 19.9. The fraction of sp³-hybridized carbons (Fsp3) is 0.349. The molecule has 235 valence electrons. The van der Waals surface area contributed by atoms with E-state index in [4.69, 9.17) is 0 Å². The molecule has 0 fully saturated rings. The first-order chi connectivity index (χ1) is 20.6. The Morgan fingerprint density at radius 1 is 0.870 bits per heavy atom. The van der Waals surface area contributed by atoms with Crippen molar-refractivity contribution in [3.8, 4) is 0 Å². The number of rotatable bonds is 3. The van der Waals surface area contributed by atoms with Crippen LogP contribution in [-0.2, 0) is 35.5 Å². The van der Waals surface area contributed by atoms with Crippen LogP contribution in [0.5, 0.6) is 0 Å². The average Bonchev–Trinajstić information content (AvgIpc) is 3.69. The van der Waals surface area contributed by atoms with Gasteiger partial charge in [0, 0.05) is 0 Å². The quantitative estimate of drug-likeness (QED) is 0.389. The van der Waals surface area contributed by atoms with Crippen molar-refractivity contribution in [3.05, 3.63) is 132 Å². The zero-order chi connectivity index (χ0) is 31.5. The molecule has 0 spiro atoms. The number of hydrogen-bond acceptors (Lipinski definition) is 0. The van der Waals surface area contributed by atoms with Gasteiger partial charge in [-0.05, 0) is 0 Å². The van der Waals surface area contributed by atoms with Crippen molar-refractivity contribution in [1.82, 2.24) is 0 Å². The van der Waals surface area contributed by atoms with Crippen LogP contribution in [0.4, 0.5) is 0 Å². The third kappa shape index (κ3) is 5.20. The van der Waals surface area contributed by atoms with E-state index in [1.807, 2.05) is 0 Å². The van der Waals surface area contributed by atoms with Gasteiger partial charge in [-0.1, -0.05) is 0 Å². The second-order valence-corrected chi connectivity index (χ2v) is 17.0. The average molecular weight is 724 g/mol. The fourth-order valence-electron chi connectivity index (χ4n) is 8.07. The summed E-state index contributed by atoms with van der Waals surface area (Å²) < 4.78 is 1.52. The first-order valence-electron chi connectivity index (χ1n) is 16.4. The van der Waals surface area contributed by atoms with Crippen LogP contribution in [0.25, 0.3) is 26.6 Å². The van der Waals surface area contributed by atoms with Gasteiger partial charge in [0.1, 0.15) is 0 Å². The third-order valence-corrected chi connectivity index (χ3v) is 12.0. The third-order valence-electron chi connectivity index (χ3n) is 10.7. The van der Waals surface area contributed by atoms with Gasteiger partial charge in [0.05, 0.1) is 0 Å². The van der Waals surface area contributed by atoms with Gasteiger partial charge in [-0.15, -0.1) is 0 Å². The van der Waals surface area contributed by atoms with Crippen molar-refractivity contribution < 1.29 is 49.5 Å². The zero-order valence-corrected chi connectivity index (χ0v) is 32.9. The van der Waals surface area contributed by atoms with E-state index in [9.17, 15) is 0 Å². The van der Waals surface area contributed by atoms with Crippen LogP contribution in [-0.4, -0.2) is 0 Å². The van der Waals surface area contributed by atoms with Crippen molar-refractivity contribution in [2.45, 2.75) is 86.5 Å². The second kappa shape index (κ2) is 11.8. The Morgan fingerprint density at radius 3 is 2.15 bits per heavy atom. The first-order valence-corrected chi connectivity index (χ1v) is 17.6. The van der Waals surface area contributed by atoms with Crippen LogP contribution in [0, 0.1) is 28.7 Å². The second-order valence-electron chi connectivity index (χ2n) is 15.7. The molecule has 0 aromatic heterocycles. The molecular formula is C43H45Cl2Zr. The summed E-state index contributed by atoms with van der Waals surface area (Å²) in [5.41, 5.74) is 15.9. The number of hydrogen-bond donors (Lipinski definition) is 0. The van der Waals surface area contributed by atoms with Crippen molar-refractivity contribution in [2.24, 2.45) is 11.3 Å². The molecule has 1 atom stereocenters. The van der Waals surface area contributed by atoms with Gasteiger partial charge in [-0.3, -0.25) is 0 Å². The molecule has 0 heterocycles. The molecule has 3 aromatic carbocycles. The predicted octanol–water partition coefficient (Wildman–Crippen LogP) is 3.53. The Hall–Kier alpha value is -2.18. The van der Waals surface area contributed by atoms with Crippen molar-refractivity contribution in [2.75, 3.05) is 0 Å². The van der Waals surface area contributed by atoms with Gasteiger partial charge in [-0.2, -0.15) is 0 Å². The molecule has 3 aromatic rings. The molecule has 1 unspecified atom stereocenters. The Labute approximate surface area is 303 Å². The maximum absolute atomic E-state index is 2.58. The molecule has 0 aliphatic heterocycles. The van der Waals surface area contributed by atoms with E-state index in [1.165, 1.54) is 110 Å². The summed E-state index contributed by atoms with van der Waals surface area (Å²) in [4.78, 5) is 0. The van der Waals surface area contributed by atoms with Crippen LogP contribution in [0.2, 0.25) is 0 Å². The molecule has 0 radical (unpaired) electrons. The van der Waals surface area contributed by atoms with Crippen molar-refractivity contribution in [1.29, 1.82) is 0 Å². The Kier molecular flexibility index (Phi) is 8.98. The maximum Gasteiger partial charge on any atom is -1.00 e. The summed E-state index contributed by atoms with van der Waals surface area (Å²) >= 11 is 1.49. The van der Waals surface area contributed by atoms with E-state index in [-0.39, 0.29) is 41.1 Å². The van der Waals surface area contributed by atoms with E-state index < -0.39 is 0 Å². The van der Waals surface area contributed by atoms with Crippen molar-refractivity contribution in [3.63, 3.8) is 0 Å². The molecule has 7 rings (SSSR count). The molecule has 46 heavy (non-hydrogen) atoms. The monoisotopic (exact) mass is 721 g/mol. The summed E-state index contributed by atoms with van der Waals surface area (Å²) in [5.74, 6) is 0.432. The fourth-order valence-corrected chi connectivity index (χ4v) is 9.19. The van der Waals surface area contributed by atoms with E-state index >= 15 is 0 Å². The summed E-state index contributed by atoms with van der Waals surface area (Å²) in [6.45, 7) is 23.6. The number of allylic oxidation sites excluding steroid dienone is 6. The van der Waals surface area contributed by atoms with Crippen LogP contribution in [0.1, 0.15) is 113 Å². The molecule has 0 nitrogen and oxygen atoms in total. The van der Waals surface area contributed by atoms with E-state index in [0.717, 1.165) is 6.42 Å². The largest absolute Gasteiger partial charge is 1.00 e. The van der Waals surface area contributed by atoms with Crippen LogP contribution in [0.15, 0.2) is 66.3 Å². The van der Waals surface area contributed by atoms with Crippen LogP contribution < -0.4 is 35.3 Å². The predicted molar refractivity (Wildman–Crippen MR) is 185 cm³/mol. The molecule has 0 N–H and O–H groups in total. The Morgan fingerprint density at radius 2 is 1.52 bits per heavy atom. The Bertz CT molecular complexity index is 2140. The van der Waals surface area contributed by atoms with Crippen molar-refractivity contribution >= 4 is 26.6 Å². The van der Waals surface area contributed by atoms with Gasteiger partial charge in [-0.25, -0.2) is 0 Å². The zero-order valence-electron chi connectivity index (χ0n) is 29.0. The van der Waals surface area contributed by atoms with Gasteiger partial charge in [0.15, 0.2) is 0 Å². The maximum atomic E-state index is 2.58. The molecule has 4 aliphatic rings. The molecular weight excluding hydrogens is 679 g/mol. The van der Waals surface area contributed by atoms with Gasteiger partial charge in [0.25, 0.3) is 0 Å². The standard InChI is InChI=1S/C43H45.2ClH.Zr/c1-11-27-20-31(41(4,5)6)24-34(27)39-35-22-30-23-36-29(16-18-42(36,7)8)21-33(30)38(35)37(32-17-19-43(9,10)40(32)39)26(3)28-14-12-25(2)13-15-28;;;/h12-21,23-24,27H,11H2,1-10H3;2*1H;/q;;;+2/p-2. The minimum absolute atomic E-state index is 0. The van der Waals surface area contributed by atoms with E-state index in [1.54, 1.807) is 0 Å². The first kappa shape index (κ1) is 35.1. The summed E-state index contributed by atoms with van der Waals surface area (Å²) in [5, 5.41) is 5.77. The molecule has 0 amide bonds. The molecule has 0 bridgehead atoms. The summed E-state index contributed by atoms with van der Waals surface area (Å²) in [6, 6.07) is 14.2. The molecule has 0 saturated carbocycles. The SMILES string of the molecule is CCC1C=C(C(C)(C)C)C=C1c1c2c(c(=C(C)c3ccc(C)cc3)c3c1[C]([Zr+2])=c1cc4c(cc1=3)C=CC4(C)C)C=CC2(C)C.[Cl-].[Cl-]. The minimum atomic E-state index is -0.0523. The van der Waals surface area contributed by atoms with Gasteiger partial charge < -0.3 is 24.8 Å². The number of fused-ring (bicyclic) bond motifs is 4. The minimum Gasteiger partial charge on any atom is -1.00 e. The molecule has 0 saturated heterocycles. The van der Waals surface area contributed by atoms with E-state index in [0.29, 0.717) is 5.92 Å². The Balaban J connectivity index is 0.00000208. The molecule has 4 aliphatic carbocycles. The summed E-state index contributed by atoms with van der Waals surface area (Å²) in [7, 11) is 0.